The number of amides is 3. The molecule has 0 aromatic carbocycles. The summed E-state index contributed by atoms with van der Waals surface area (Å²) in [6, 6.07) is -2.95. The number of nitrogens with zero attached hydrogens (tertiary/aromatic N) is 2. The van der Waals surface area contributed by atoms with Crippen LogP contribution in [0.25, 0.3) is 0 Å². The highest BCUT2D eigenvalue weighted by molar-refractivity contribution is 7.80. The molecular weight excluding hydrogens is 332 g/mol. The van der Waals surface area contributed by atoms with Crippen LogP contribution >= 0.6 is 0 Å². The Morgan fingerprint density at radius 2 is 2.13 bits per heavy atom. The van der Waals surface area contributed by atoms with Crippen molar-refractivity contribution in [2.45, 2.75) is 37.9 Å². The van der Waals surface area contributed by atoms with Gasteiger partial charge in [-0.3, -0.25) is 14.1 Å². The number of fused-ring (bicyclic) bond motifs is 2. The van der Waals surface area contributed by atoms with Gasteiger partial charge in [0, 0.05) is 6.54 Å². The quantitative estimate of drug-likeness (QED) is 0.465. The molecule has 130 valence electrons. The van der Waals surface area contributed by atoms with Crippen molar-refractivity contribution >= 4 is 28.1 Å². The van der Waals surface area contributed by atoms with E-state index in [1.807, 2.05) is 0 Å². The Bertz CT molecular complexity index is 620. The molecule has 0 aromatic rings. The number of hydroxylamine groups is 2. The maximum atomic E-state index is 12.1. The summed E-state index contributed by atoms with van der Waals surface area (Å²) < 4.78 is 34.5. The molecule has 2 bridgehead atoms. The zero-order chi connectivity index (χ0) is 17.4. The zero-order valence-electron chi connectivity index (χ0n) is 12.3. The lowest BCUT2D eigenvalue weighted by molar-refractivity contribution is -0.128. The number of hydrogen-bond donors (Lipinski definition) is 3. The molecule has 23 heavy (non-hydrogen) atoms. The minimum atomic E-state index is -4.83. The summed E-state index contributed by atoms with van der Waals surface area (Å²) in [7, 11) is -4.83. The summed E-state index contributed by atoms with van der Waals surface area (Å²) in [6.45, 7) is 1.34. The van der Waals surface area contributed by atoms with E-state index in [0.717, 1.165) is 4.90 Å². The molecule has 11 nitrogen and oxygen atoms in total. The third-order valence-corrected chi connectivity index (χ3v) is 4.09. The summed E-state index contributed by atoms with van der Waals surface area (Å²) in [5.74, 6) is -0.879. The van der Waals surface area contributed by atoms with Crippen molar-refractivity contribution < 1.29 is 31.6 Å². The number of nitrogens with one attached hydrogen (secondary N) is 1. The summed E-state index contributed by atoms with van der Waals surface area (Å²) in [5.41, 5.74) is 5.39. The molecule has 1 unspecified atom stereocenters. The number of piperidine rings is 1. The molecule has 12 heteroatoms. The Kier molecular flexibility index (Phi) is 4.89. The van der Waals surface area contributed by atoms with E-state index in [1.54, 1.807) is 0 Å². The van der Waals surface area contributed by atoms with Crippen LogP contribution in [0.2, 0.25) is 0 Å². The molecule has 0 aromatic heterocycles. The third-order valence-electron chi connectivity index (χ3n) is 3.74. The highest BCUT2D eigenvalue weighted by Gasteiger charge is 2.49. The number of Topliss-reactive ketones (excluding diaryl/α,β-unsaturated/α-hetero) is 1. The van der Waals surface area contributed by atoms with Crippen LogP contribution in [0.3, 0.4) is 0 Å². The van der Waals surface area contributed by atoms with Crippen LogP contribution in [0.4, 0.5) is 4.79 Å². The van der Waals surface area contributed by atoms with Crippen LogP contribution in [-0.2, 0) is 24.3 Å². The summed E-state index contributed by atoms with van der Waals surface area (Å²) in [4.78, 5) is 36.8. The molecule has 2 aliphatic heterocycles. The fourth-order valence-corrected chi connectivity index (χ4v) is 2.95. The Balaban J connectivity index is 2.01. The highest BCUT2D eigenvalue weighted by atomic mass is 32.3. The summed E-state index contributed by atoms with van der Waals surface area (Å²) in [5, 5.41) is 2.96. The molecule has 0 saturated carbocycles. The van der Waals surface area contributed by atoms with Gasteiger partial charge in [-0.1, -0.05) is 0 Å². The van der Waals surface area contributed by atoms with Gasteiger partial charge in [-0.2, -0.15) is 13.5 Å². The van der Waals surface area contributed by atoms with E-state index in [0.29, 0.717) is 11.5 Å². The van der Waals surface area contributed by atoms with Crippen molar-refractivity contribution in [3.05, 3.63) is 0 Å². The minimum absolute atomic E-state index is 0.0910. The van der Waals surface area contributed by atoms with Gasteiger partial charge in [0.1, 0.15) is 6.04 Å². The van der Waals surface area contributed by atoms with Crippen molar-refractivity contribution in [3.63, 3.8) is 0 Å². The fraction of sp³-hybridized carbons (Fsp3) is 0.727. The van der Waals surface area contributed by atoms with Crippen molar-refractivity contribution in [2.24, 2.45) is 5.73 Å². The molecule has 2 saturated heterocycles. The van der Waals surface area contributed by atoms with Gasteiger partial charge in [0.2, 0.25) is 5.91 Å². The third kappa shape index (κ3) is 3.96. The molecule has 0 aliphatic carbocycles. The average Bonchev–Trinajstić information content (AvgIpc) is 2.68. The Labute approximate surface area is 132 Å². The molecule has 0 spiro atoms. The van der Waals surface area contributed by atoms with Crippen LogP contribution in [0.1, 0.15) is 19.8 Å². The fourth-order valence-electron chi connectivity index (χ4n) is 2.56. The normalized spacial score (nSPS) is 25.4. The number of carbonyl (C=O) groups is 3. The standard InChI is InChI=1S/C11H18N4O7S/c1-6(12)9(16)4-13-10(17)8-3-2-7-5-14(8)11(18)15(7)22-23(19,20)21/h6-8H,2-5,12H2,1H3,(H,13,17)(H,19,20,21)/t6?,7-,8+/m1/s1. The van der Waals surface area contributed by atoms with E-state index < -0.39 is 40.5 Å². The first kappa shape index (κ1) is 17.6. The van der Waals surface area contributed by atoms with E-state index >= 15 is 0 Å². The molecular formula is C11H18N4O7S. The second-order valence-corrected chi connectivity index (χ2v) is 6.49. The minimum Gasteiger partial charge on any atom is -0.347 e. The van der Waals surface area contributed by atoms with Crippen molar-refractivity contribution in [3.8, 4) is 0 Å². The van der Waals surface area contributed by atoms with Gasteiger partial charge in [-0.25, -0.2) is 4.79 Å². The van der Waals surface area contributed by atoms with Crippen molar-refractivity contribution in [1.29, 1.82) is 0 Å². The van der Waals surface area contributed by atoms with Gasteiger partial charge >= 0.3 is 16.4 Å². The first-order valence-electron chi connectivity index (χ1n) is 6.93. The Hall–Kier alpha value is -1.76. The van der Waals surface area contributed by atoms with Gasteiger partial charge < -0.3 is 16.0 Å². The number of hydrogen-bond acceptors (Lipinski definition) is 7. The summed E-state index contributed by atoms with van der Waals surface area (Å²) in [6.07, 6.45) is 0.594. The molecule has 2 aliphatic rings. The predicted molar refractivity (Wildman–Crippen MR) is 75.1 cm³/mol. The number of ketones is 1. The highest BCUT2D eigenvalue weighted by Crippen LogP contribution is 2.30. The lowest BCUT2D eigenvalue weighted by Crippen LogP contribution is -2.51. The van der Waals surface area contributed by atoms with Gasteiger partial charge in [-0.15, -0.1) is 4.28 Å². The predicted octanol–water partition coefficient (Wildman–Crippen LogP) is -1.98. The van der Waals surface area contributed by atoms with Crippen LogP contribution < -0.4 is 11.1 Å². The average molecular weight is 350 g/mol. The van der Waals surface area contributed by atoms with Gasteiger partial charge in [0.15, 0.2) is 5.78 Å². The van der Waals surface area contributed by atoms with E-state index in [4.69, 9.17) is 10.3 Å². The number of urea groups is 1. The van der Waals surface area contributed by atoms with Crippen LogP contribution in [0, 0.1) is 0 Å². The number of carbonyl (C=O) groups excluding carboxylic acids is 3. The second-order valence-electron chi connectivity index (χ2n) is 5.48. The monoisotopic (exact) mass is 350 g/mol. The Morgan fingerprint density at radius 3 is 2.70 bits per heavy atom. The van der Waals surface area contributed by atoms with Gasteiger partial charge in [-0.05, 0) is 19.8 Å². The molecule has 3 atom stereocenters. The van der Waals surface area contributed by atoms with Crippen molar-refractivity contribution in [2.75, 3.05) is 13.1 Å². The molecule has 3 amide bonds. The van der Waals surface area contributed by atoms with Crippen LogP contribution in [-0.4, -0.2) is 71.9 Å². The smallest absolute Gasteiger partial charge is 0.347 e. The molecule has 0 radical (unpaired) electrons. The maximum Gasteiger partial charge on any atom is 0.418 e. The van der Waals surface area contributed by atoms with E-state index in [2.05, 4.69) is 9.60 Å². The molecule has 2 rings (SSSR count). The maximum absolute atomic E-state index is 12.1. The van der Waals surface area contributed by atoms with Gasteiger partial charge in [0.25, 0.3) is 0 Å². The van der Waals surface area contributed by atoms with E-state index in [9.17, 15) is 22.8 Å². The molecule has 4 N–H and O–H groups in total. The zero-order valence-corrected chi connectivity index (χ0v) is 13.2. The first-order chi connectivity index (χ1) is 10.6. The van der Waals surface area contributed by atoms with Crippen molar-refractivity contribution in [1.82, 2.24) is 15.3 Å². The van der Waals surface area contributed by atoms with Crippen LogP contribution in [0.5, 0.6) is 0 Å². The topological polar surface area (TPSA) is 159 Å². The van der Waals surface area contributed by atoms with Gasteiger partial charge in [0.05, 0.1) is 18.6 Å². The number of rotatable bonds is 6. The first-order valence-corrected chi connectivity index (χ1v) is 8.29. The molecule has 2 fully saturated rings. The SMILES string of the molecule is CC(N)C(=O)CNC(=O)[C@@H]1CC[C@@H]2CN1C(=O)N2OS(=O)(=O)O. The lowest BCUT2D eigenvalue weighted by atomic mass is 10.0. The van der Waals surface area contributed by atoms with E-state index in [-0.39, 0.29) is 25.3 Å². The van der Waals surface area contributed by atoms with Crippen LogP contribution in [0.15, 0.2) is 0 Å². The molecule has 2 heterocycles. The van der Waals surface area contributed by atoms with E-state index in [1.165, 1.54) is 6.92 Å². The largest absolute Gasteiger partial charge is 0.418 e. The lowest BCUT2D eigenvalue weighted by Gasteiger charge is -2.29. The Morgan fingerprint density at radius 1 is 1.48 bits per heavy atom. The second kappa shape index (κ2) is 6.39. The summed E-state index contributed by atoms with van der Waals surface area (Å²) >= 11 is 0. The number of nitrogens with two attached hydrogens (primary N) is 1.